The van der Waals surface area contributed by atoms with E-state index in [-0.39, 0.29) is 13.2 Å². The van der Waals surface area contributed by atoms with E-state index in [1.807, 2.05) is 0 Å². The molecule has 0 aliphatic heterocycles. The molecule has 160 valence electrons. The Hall–Kier alpha value is -0.421. The van der Waals surface area contributed by atoms with E-state index < -0.39 is 31.1 Å². The van der Waals surface area contributed by atoms with Crippen LogP contribution in [-0.2, 0) is 34.7 Å². The molecule has 0 aliphatic carbocycles. The number of hydrogen-bond acceptors (Lipinski definition) is 8. The third-order valence-corrected chi connectivity index (χ3v) is 13.5. The number of carbonyl (C=O) groups is 2. The predicted octanol–water partition coefficient (Wildman–Crippen LogP) is 2.44. The van der Waals surface area contributed by atoms with Gasteiger partial charge in [-0.3, -0.25) is 0 Å². The molecule has 0 aromatic rings. The molecular weight excluding hydrogens is 463 g/mol. The number of ether oxygens (including phenoxy) is 4. The summed E-state index contributed by atoms with van der Waals surface area (Å²) < 4.78 is 33.2. The Morgan fingerprint density at radius 3 is 1.44 bits per heavy atom. The van der Waals surface area contributed by atoms with Gasteiger partial charge >= 0.3 is 168 Å². The van der Waals surface area contributed by atoms with E-state index >= 15 is 0 Å². The van der Waals surface area contributed by atoms with Gasteiger partial charge in [0.1, 0.15) is 0 Å². The molecule has 0 aliphatic rings. The zero-order chi connectivity index (χ0) is 20.4. The van der Waals surface area contributed by atoms with E-state index in [2.05, 4.69) is 13.8 Å². The Bertz CT molecular complexity index is 356. The zero-order valence-corrected chi connectivity index (χ0v) is 20.1. The fourth-order valence-electron chi connectivity index (χ4n) is 2.31. The Morgan fingerprint density at radius 2 is 1.11 bits per heavy atom. The van der Waals surface area contributed by atoms with Crippen molar-refractivity contribution in [3.05, 3.63) is 0 Å². The van der Waals surface area contributed by atoms with Gasteiger partial charge in [0.15, 0.2) is 0 Å². The van der Waals surface area contributed by atoms with Crippen LogP contribution in [0.5, 0.6) is 0 Å². The van der Waals surface area contributed by atoms with Crippen molar-refractivity contribution in [1.82, 2.24) is 0 Å². The third-order valence-electron chi connectivity index (χ3n) is 3.73. The summed E-state index contributed by atoms with van der Waals surface area (Å²) in [5.41, 5.74) is 0. The van der Waals surface area contributed by atoms with Crippen LogP contribution in [0.15, 0.2) is 0 Å². The van der Waals surface area contributed by atoms with Crippen LogP contribution in [0.25, 0.3) is 0 Å². The molecular formula is C18H36O8Sn. The Kier molecular flexibility index (Phi) is 17.4. The molecule has 0 unspecified atom stereocenters. The molecule has 0 atom stereocenters. The van der Waals surface area contributed by atoms with Crippen LogP contribution in [0.4, 0.5) is 0 Å². The Balaban J connectivity index is 4.86. The minimum atomic E-state index is -3.91. The van der Waals surface area contributed by atoms with Gasteiger partial charge in [-0.15, -0.1) is 0 Å². The summed E-state index contributed by atoms with van der Waals surface area (Å²) in [6, 6.07) is 0. The molecule has 27 heavy (non-hydrogen) atoms. The van der Waals surface area contributed by atoms with Crippen molar-refractivity contribution in [2.24, 2.45) is 0 Å². The summed E-state index contributed by atoms with van der Waals surface area (Å²) in [6.07, 6.45) is 3.59. The van der Waals surface area contributed by atoms with Gasteiger partial charge in [0.25, 0.3) is 0 Å². The van der Waals surface area contributed by atoms with Crippen LogP contribution in [0, 0.1) is 0 Å². The molecule has 0 aromatic carbocycles. The predicted molar refractivity (Wildman–Crippen MR) is 103 cm³/mol. The Labute approximate surface area is 168 Å². The molecule has 0 aromatic heterocycles. The van der Waals surface area contributed by atoms with Gasteiger partial charge in [-0.25, -0.2) is 0 Å². The Morgan fingerprint density at radius 1 is 0.704 bits per heavy atom. The number of methoxy groups -OCH3 is 2. The van der Waals surface area contributed by atoms with Crippen LogP contribution in [0.2, 0.25) is 8.87 Å². The van der Waals surface area contributed by atoms with E-state index in [0.29, 0.717) is 35.3 Å². The van der Waals surface area contributed by atoms with E-state index in [0.717, 1.165) is 25.7 Å². The van der Waals surface area contributed by atoms with Crippen molar-refractivity contribution in [1.29, 1.82) is 0 Å². The van der Waals surface area contributed by atoms with Crippen molar-refractivity contribution < 1.29 is 34.7 Å². The summed E-state index contributed by atoms with van der Waals surface area (Å²) in [7, 11) is 3.12. The molecule has 0 N–H and O–H groups in total. The first-order valence-electron chi connectivity index (χ1n) is 9.60. The van der Waals surface area contributed by atoms with Crippen molar-refractivity contribution in [3.63, 3.8) is 0 Å². The fourth-order valence-corrected chi connectivity index (χ4v) is 12.1. The first kappa shape index (κ1) is 26.6. The molecule has 0 fully saturated rings. The maximum atomic E-state index is 12.3. The van der Waals surface area contributed by atoms with Gasteiger partial charge in [0.05, 0.1) is 0 Å². The van der Waals surface area contributed by atoms with Crippen LogP contribution in [0.3, 0.4) is 0 Å². The summed E-state index contributed by atoms with van der Waals surface area (Å²) >= 11 is -3.91. The van der Waals surface area contributed by atoms with Gasteiger partial charge in [0, 0.05) is 0 Å². The van der Waals surface area contributed by atoms with E-state index in [1.165, 1.54) is 0 Å². The summed E-state index contributed by atoms with van der Waals surface area (Å²) in [6.45, 7) is 5.21. The van der Waals surface area contributed by atoms with Crippen LogP contribution in [-0.4, -0.2) is 85.0 Å². The monoisotopic (exact) mass is 500 g/mol. The molecule has 0 heterocycles. The van der Waals surface area contributed by atoms with E-state index in [4.69, 9.17) is 25.1 Å². The molecule has 0 radical (unpaired) electrons. The maximum absolute atomic E-state index is 12.3. The standard InChI is InChI=1S/2C5H10O4.2C4H9.Sn/c2*1-8-2-3-9-4-5(6)7;2*1-3-4-2;/h2*2-4H2,1H3,(H,6,7);2*1,3-4H2,2H3;/q;;;;+2/p-2. The van der Waals surface area contributed by atoms with Crippen molar-refractivity contribution in [2.45, 2.75) is 48.4 Å². The second kappa shape index (κ2) is 17.7. The molecule has 0 saturated carbocycles. The molecule has 0 amide bonds. The van der Waals surface area contributed by atoms with Gasteiger partial charge < -0.3 is 0 Å². The third kappa shape index (κ3) is 14.3. The van der Waals surface area contributed by atoms with Gasteiger partial charge in [-0.05, 0) is 0 Å². The van der Waals surface area contributed by atoms with E-state index in [1.54, 1.807) is 14.2 Å². The number of unbranched alkanes of at least 4 members (excludes halogenated alkanes) is 2. The zero-order valence-electron chi connectivity index (χ0n) is 17.3. The normalized spacial score (nSPS) is 11.4. The number of hydrogen-bond donors (Lipinski definition) is 0. The molecule has 8 nitrogen and oxygen atoms in total. The number of rotatable bonds is 18. The molecule has 0 saturated heterocycles. The van der Waals surface area contributed by atoms with E-state index in [9.17, 15) is 9.59 Å². The minimum absolute atomic E-state index is 0.165. The van der Waals surface area contributed by atoms with Crippen LogP contribution < -0.4 is 0 Å². The second-order valence-corrected chi connectivity index (χ2v) is 15.4. The quantitative estimate of drug-likeness (QED) is 0.210. The summed E-state index contributed by atoms with van der Waals surface area (Å²) in [5.74, 6) is -0.940. The topological polar surface area (TPSA) is 89.5 Å². The fraction of sp³-hybridized carbons (Fsp3) is 0.889. The van der Waals surface area contributed by atoms with Crippen molar-refractivity contribution >= 4 is 31.1 Å². The number of carbonyl (C=O) groups excluding carboxylic acids is 2. The SMILES string of the molecule is CCC[CH2][Sn]([CH2]CCC)([O]C(=O)COCCOC)[O]C(=O)COCCOC. The van der Waals surface area contributed by atoms with Crippen molar-refractivity contribution in [2.75, 3.05) is 53.9 Å². The van der Waals surface area contributed by atoms with Gasteiger partial charge in [-0.2, -0.15) is 0 Å². The van der Waals surface area contributed by atoms with Gasteiger partial charge in [-0.1, -0.05) is 0 Å². The molecule has 0 rings (SSSR count). The molecule has 0 bridgehead atoms. The van der Waals surface area contributed by atoms with Gasteiger partial charge in [0.2, 0.25) is 0 Å². The van der Waals surface area contributed by atoms with Crippen molar-refractivity contribution in [3.8, 4) is 0 Å². The summed E-state index contributed by atoms with van der Waals surface area (Å²) in [4.78, 5) is 24.5. The first-order chi connectivity index (χ1) is 13.0. The van der Waals surface area contributed by atoms with Crippen LogP contribution >= 0.6 is 0 Å². The van der Waals surface area contributed by atoms with Crippen LogP contribution in [0.1, 0.15) is 39.5 Å². The molecule has 0 spiro atoms. The molecule has 9 heteroatoms. The average Bonchev–Trinajstić information content (AvgIpc) is 2.65. The summed E-state index contributed by atoms with van der Waals surface area (Å²) in [5, 5.41) is 0. The first-order valence-corrected chi connectivity index (χ1v) is 16.0. The second-order valence-electron chi connectivity index (χ2n) is 6.16. The average molecular weight is 499 g/mol.